The van der Waals surface area contributed by atoms with Gasteiger partial charge in [0.1, 0.15) is 0 Å². The van der Waals surface area contributed by atoms with Gasteiger partial charge in [0, 0.05) is 6.04 Å². The summed E-state index contributed by atoms with van der Waals surface area (Å²) in [4.78, 5) is 11.6. The molecule has 3 atom stereocenters. The molecule has 1 amide bonds. The van der Waals surface area contributed by atoms with Crippen LogP contribution in [0.2, 0.25) is 0 Å². The molecule has 0 radical (unpaired) electrons. The lowest BCUT2D eigenvalue weighted by molar-refractivity contribution is -0.148. The first-order valence-corrected chi connectivity index (χ1v) is 5.27. The molecular formula is C10H19NO4. The molecule has 0 aromatic carbocycles. The van der Waals surface area contributed by atoms with E-state index in [0.29, 0.717) is 26.2 Å². The molecule has 0 aliphatic carbocycles. The molecule has 1 saturated heterocycles. The number of hydrogen-bond acceptors (Lipinski definition) is 4. The Hall–Kier alpha value is -0.650. The summed E-state index contributed by atoms with van der Waals surface area (Å²) in [6, 6.07) is -0.0528. The zero-order chi connectivity index (χ0) is 11.3. The smallest absolute Gasteiger partial charge is 0.251 e. The molecule has 0 bridgehead atoms. The highest BCUT2D eigenvalue weighted by Crippen LogP contribution is 2.03. The van der Waals surface area contributed by atoms with Crippen LogP contribution in [0.15, 0.2) is 0 Å². The van der Waals surface area contributed by atoms with Crippen LogP contribution in [0.5, 0.6) is 0 Å². The molecule has 2 N–H and O–H groups in total. The van der Waals surface area contributed by atoms with Gasteiger partial charge in [-0.3, -0.25) is 4.79 Å². The maximum Gasteiger partial charge on any atom is 0.251 e. The van der Waals surface area contributed by atoms with Gasteiger partial charge in [0.2, 0.25) is 0 Å². The predicted octanol–water partition coefficient (Wildman–Crippen LogP) is -0.323. The van der Waals surface area contributed by atoms with E-state index in [0.717, 1.165) is 0 Å². The third kappa shape index (κ3) is 4.59. The van der Waals surface area contributed by atoms with Crippen molar-refractivity contribution in [3.63, 3.8) is 0 Å². The second-order valence-electron chi connectivity index (χ2n) is 3.93. The van der Waals surface area contributed by atoms with Crippen LogP contribution in [0.4, 0.5) is 0 Å². The zero-order valence-electron chi connectivity index (χ0n) is 9.23. The van der Waals surface area contributed by atoms with Gasteiger partial charge in [-0.1, -0.05) is 0 Å². The number of aliphatic hydroxyl groups is 1. The lowest BCUT2D eigenvalue weighted by Crippen LogP contribution is -2.46. The van der Waals surface area contributed by atoms with E-state index >= 15 is 0 Å². The Morgan fingerprint density at radius 3 is 2.80 bits per heavy atom. The van der Waals surface area contributed by atoms with Gasteiger partial charge in [-0.25, -0.2) is 0 Å². The minimum atomic E-state index is -0.504. The van der Waals surface area contributed by atoms with Crippen molar-refractivity contribution in [2.75, 3.05) is 19.8 Å². The van der Waals surface area contributed by atoms with E-state index in [4.69, 9.17) is 14.6 Å². The molecule has 0 aromatic rings. The van der Waals surface area contributed by atoms with Crippen molar-refractivity contribution in [2.24, 2.45) is 0 Å². The van der Waals surface area contributed by atoms with E-state index in [1.165, 1.54) is 0 Å². The molecule has 1 rings (SSSR count). The van der Waals surface area contributed by atoms with Crippen LogP contribution < -0.4 is 5.32 Å². The second kappa shape index (κ2) is 6.05. The monoisotopic (exact) mass is 217 g/mol. The fourth-order valence-corrected chi connectivity index (χ4v) is 1.55. The Bertz CT molecular complexity index is 202. The van der Waals surface area contributed by atoms with Crippen LogP contribution in [0.25, 0.3) is 0 Å². The lowest BCUT2D eigenvalue weighted by atomic mass is 10.1. The Kier molecular flexibility index (Phi) is 5.01. The van der Waals surface area contributed by atoms with Crippen LogP contribution in [0.1, 0.15) is 20.3 Å². The summed E-state index contributed by atoms with van der Waals surface area (Å²) in [5, 5.41) is 11.9. The highest BCUT2D eigenvalue weighted by Gasteiger charge is 2.23. The largest absolute Gasteiger partial charge is 0.393 e. The minimum absolute atomic E-state index is 0.0528. The number of hydrogen-bond donors (Lipinski definition) is 2. The highest BCUT2D eigenvalue weighted by molar-refractivity contribution is 5.81. The van der Waals surface area contributed by atoms with Crippen molar-refractivity contribution < 1.29 is 19.4 Å². The third-order valence-corrected chi connectivity index (χ3v) is 2.19. The first-order valence-electron chi connectivity index (χ1n) is 5.27. The molecule has 5 heteroatoms. The molecule has 0 saturated carbocycles. The maximum atomic E-state index is 11.6. The molecule has 5 nitrogen and oxygen atoms in total. The quantitative estimate of drug-likeness (QED) is 0.677. The number of aliphatic hydroxyl groups excluding tert-OH is 1. The molecule has 1 fully saturated rings. The SMILES string of the molecule is CC(O)CC(C)NC(=O)C1COCCO1. The first-order chi connectivity index (χ1) is 7.09. The fraction of sp³-hybridized carbons (Fsp3) is 0.900. The van der Waals surface area contributed by atoms with E-state index in [1.54, 1.807) is 6.92 Å². The molecule has 15 heavy (non-hydrogen) atoms. The van der Waals surface area contributed by atoms with E-state index in [2.05, 4.69) is 5.32 Å². The summed E-state index contributed by atoms with van der Waals surface area (Å²) < 4.78 is 10.4. The summed E-state index contributed by atoms with van der Waals surface area (Å²) in [5.74, 6) is -0.164. The standard InChI is InChI=1S/C10H19NO4/c1-7(5-8(2)12)11-10(13)9-6-14-3-4-15-9/h7-9,12H,3-6H2,1-2H3,(H,11,13). The molecule has 88 valence electrons. The number of amides is 1. The first kappa shape index (κ1) is 12.4. The van der Waals surface area contributed by atoms with E-state index in [9.17, 15) is 4.79 Å². The number of ether oxygens (including phenoxy) is 2. The van der Waals surface area contributed by atoms with Gasteiger partial charge in [-0.2, -0.15) is 0 Å². The van der Waals surface area contributed by atoms with Crippen LogP contribution in [0.3, 0.4) is 0 Å². The van der Waals surface area contributed by atoms with Crippen molar-refractivity contribution in [3.8, 4) is 0 Å². The summed E-state index contributed by atoms with van der Waals surface area (Å²) in [7, 11) is 0. The van der Waals surface area contributed by atoms with E-state index in [1.807, 2.05) is 6.92 Å². The van der Waals surface area contributed by atoms with Gasteiger partial charge < -0.3 is 19.9 Å². The molecule has 1 heterocycles. The van der Waals surface area contributed by atoms with Crippen molar-refractivity contribution in [1.29, 1.82) is 0 Å². The average molecular weight is 217 g/mol. The third-order valence-electron chi connectivity index (χ3n) is 2.19. The molecule has 3 unspecified atom stereocenters. The zero-order valence-corrected chi connectivity index (χ0v) is 9.23. The van der Waals surface area contributed by atoms with Gasteiger partial charge in [-0.05, 0) is 20.3 Å². The Labute approximate surface area is 89.8 Å². The molecular weight excluding hydrogens is 198 g/mol. The molecule has 0 aromatic heterocycles. The van der Waals surface area contributed by atoms with E-state index < -0.39 is 12.2 Å². The predicted molar refractivity (Wildman–Crippen MR) is 54.5 cm³/mol. The summed E-state index contributed by atoms with van der Waals surface area (Å²) >= 11 is 0. The average Bonchev–Trinajstić information content (AvgIpc) is 2.17. The van der Waals surface area contributed by atoms with Gasteiger partial charge >= 0.3 is 0 Å². The lowest BCUT2D eigenvalue weighted by Gasteiger charge is -2.24. The number of nitrogens with one attached hydrogen (secondary N) is 1. The second-order valence-corrected chi connectivity index (χ2v) is 3.93. The molecule has 1 aliphatic heterocycles. The van der Waals surface area contributed by atoms with Crippen LogP contribution in [0, 0.1) is 0 Å². The van der Waals surface area contributed by atoms with Crippen molar-refractivity contribution in [3.05, 3.63) is 0 Å². The Morgan fingerprint density at radius 1 is 1.53 bits per heavy atom. The van der Waals surface area contributed by atoms with Crippen molar-refractivity contribution in [2.45, 2.75) is 38.5 Å². The van der Waals surface area contributed by atoms with Crippen LogP contribution >= 0.6 is 0 Å². The van der Waals surface area contributed by atoms with Gasteiger partial charge in [0.05, 0.1) is 25.9 Å². The Morgan fingerprint density at radius 2 is 2.27 bits per heavy atom. The van der Waals surface area contributed by atoms with Crippen LogP contribution in [-0.4, -0.2) is 49.1 Å². The number of rotatable bonds is 4. The van der Waals surface area contributed by atoms with E-state index in [-0.39, 0.29) is 11.9 Å². The molecule has 1 aliphatic rings. The van der Waals surface area contributed by atoms with Crippen LogP contribution in [-0.2, 0) is 14.3 Å². The normalized spacial score (nSPS) is 25.7. The highest BCUT2D eigenvalue weighted by atomic mass is 16.6. The topological polar surface area (TPSA) is 67.8 Å². The Balaban J connectivity index is 2.27. The van der Waals surface area contributed by atoms with Gasteiger partial charge in [0.15, 0.2) is 6.10 Å². The van der Waals surface area contributed by atoms with Crippen molar-refractivity contribution >= 4 is 5.91 Å². The summed E-state index contributed by atoms with van der Waals surface area (Å²) in [6.07, 6.45) is -0.377. The fourth-order valence-electron chi connectivity index (χ4n) is 1.55. The maximum absolute atomic E-state index is 11.6. The van der Waals surface area contributed by atoms with Gasteiger partial charge in [0.25, 0.3) is 5.91 Å². The number of carbonyl (C=O) groups excluding carboxylic acids is 1. The van der Waals surface area contributed by atoms with Gasteiger partial charge in [-0.15, -0.1) is 0 Å². The number of carbonyl (C=O) groups is 1. The van der Waals surface area contributed by atoms with Crippen molar-refractivity contribution in [1.82, 2.24) is 5.32 Å². The minimum Gasteiger partial charge on any atom is -0.393 e. The molecule has 0 spiro atoms. The summed E-state index contributed by atoms with van der Waals surface area (Å²) in [5.41, 5.74) is 0. The summed E-state index contributed by atoms with van der Waals surface area (Å²) in [6.45, 7) is 4.88.